The lowest BCUT2D eigenvalue weighted by Gasteiger charge is -2.32. The third kappa shape index (κ3) is 5.23. The monoisotopic (exact) mass is 420 g/mol. The molecule has 0 aliphatic carbocycles. The largest absolute Gasteiger partial charge is 0.493 e. The van der Waals surface area contributed by atoms with E-state index in [1.807, 2.05) is 66.1 Å². The average molecular weight is 421 g/mol. The first-order valence-electron chi connectivity index (χ1n) is 10.8. The standard InChI is InChI=1S/C24H28N4O3/c1-18-7-5-11-22-26-20(17-28(18)22)15-25-24(30)19-8-6-13-27(16-19)23(29)12-14-31-21-9-3-2-4-10-21/h2-5,7,9-11,17,19H,6,8,12-16H2,1H3,(H,25,30). The summed E-state index contributed by atoms with van der Waals surface area (Å²) in [6.07, 6.45) is 3.88. The number of nitrogens with one attached hydrogen (secondary N) is 1. The fourth-order valence-electron chi connectivity index (χ4n) is 3.95. The molecule has 0 bridgehead atoms. The lowest BCUT2D eigenvalue weighted by Crippen LogP contribution is -2.45. The summed E-state index contributed by atoms with van der Waals surface area (Å²) in [5.74, 6) is 0.580. The second-order valence-corrected chi connectivity index (χ2v) is 7.94. The number of nitrogens with zero attached hydrogens (tertiary/aromatic N) is 3. The van der Waals surface area contributed by atoms with Crippen LogP contribution in [0.4, 0.5) is 0 Å². The minimum atomic E-state index is -0.188. The zero-order valence-corrected chi connectivity index (χ0v) is 17.8. The molecular weight excluding hydrogens is 392 g/mol. The van der Waals surface area contributed by atoms with E-state index in [2.05, 4.69) is 10.3 Å². The first-order chi connectivity index (χ1) is 15.1. The summed E-state index contributed by atoms with van der Waals surface area (Å²) < 4.78 is 7.64. The Labute approximate surface area is 182 Å². The van der Waals surface area contributed by atoms with Crippen LogP contribution in [0.15, 0.2) is 54.7 Å². The van der Waals surface area contributed by atoms with Gasteiger partial charge in [0.15, 0.2) is 0 Å². The van der Waals surface area contributed by atoms with E-state index in [1.165, 1.54) is 0 Å². The van der Waals surface area contributed by atoms with E-state index in [-0.39, 0.29) is 17.7 Å². The van der Waals surface area contributed by atoms with Gasteiger partial charge in [0.2, 0.25) is 11.8 Å². The van der Waals surface area contributed by atoms with E-state index in [0.717, 1.165) is 35.6 Å². The third-order valence-corrected chi connectivity index (χ3v) is 5.66. The Balaban J connectivity index is 1.25. The number of hydrogen-bond acceptors (Lipinski definition) is 4. The third-order valence-electron chi connectivity index (χ3n) is 5.66. The second kappa shape index (κ2) is 9.64. The van der Waals surface area contributed by atoms with Crippen molar-refractivity contribution in [3.8, 4) is 5.75 Å². The van der Waals surface area contributed by atoms with E-state index < -0.39 is 0 Å². The molecule has 1 N–H and O–H groups in total. The van der Waals surface area contributed by atoms with Crippen LogP contribution in [-0.2, 0) is 16.1 Å². The van der Waals surface area contributed by atoms with Crippen molar-refractivity contribution in [3.05, 3.63) is 66.1 Å². The van der Waals surface area contributed by atoms with E-state index in [4.69, 9.17) is 4.74 Å². The maximum atomic E-state index is 12.7. The number of ether oxygens (including phenoxy) is 1. The lowest BCUT2D eigenvalue weighted by atomic mass is 9.97. The molecule has 0 saturated carbocycles. The molecule has 1 unspecified atom stereocenters. The molecule has 1 aliphatic rings. The summed E-state index contributed by atoms with van der Waals surface area (Å²) in [5, 5.41) is 3.00. The molecule has 1 fully saturated rings. The van der Waals surface area contributed by atoms with Crippen molar-refractivity contribution >= 4 is 17.5 Å². The Morgan fingerprint density at radius 2 is 2.00 bits per heavy atom. The number of para-hydroxylation sites is 1. The predicted octanol–water partition coefficient (Wildman–Crippen LogP) is 2.97. The van der Waals surface area contributed by atoms with Crippen LogP contribution < -0.4 is 10.1 Å². The van der Waals surface area contributed by atoms with E-state index in [9.17, 15) is 9.59 Å². The van der Waals surface area contributed by atoms with Crippen LogP contribution in [0, 0.1) is 12.8 Å². The molecule has 1 atom stereocenters. The van der Waals surface area contributed by atoms with Crippen molar-refractivity contribution < 1.29 is 14.3 Å². The van der Waals surface area contributed by atoms with Crippen molar-refractivity contribution in [2.45, 2.75) is 32.7 Å². The zero-order valence-electron chi connectivity index (χ0n) is 17.8. The maximum absolute atomic E-state index is 12.7. The quantitative estimate of drug-likeness (QED) is 0.638. The van der Waals surface area contributed by atoms with E-state index >= 15 is 0 Å². The van der Waals surface area contributed by atoms with Gasteiger partial charge in [-0.15, -0.1) is 0 Å². The summed E-state index contributed by atoms with van der Waals surface area (Å²) in [4.78, 5) is 31.6. The first kappa shape index (κ1) is 20.9. The van der Waals surface area contributed by atoms with Gasteiger partial charge < -0.3 is 19.4 Å². The predicted molar refractivity (Wildman–Crippen MR) is 118 cm³/mol. The van der Waals surface area contributed by atoms with Gasteiger partial charge >= 0.3 is 0 Å². The van der Waals surface area contributed by atoms with Crippen LogP contribution in [0.5, 0.6) is 5.75 Å². The number of hydrogen-bond donors (Lipinski definition) is 1. The van der Waals surface area contributed by atoms with Crippen molar-refractivity contribution in [1.82, 2.24) is 19.6 Å². The highest BCUT2D eigenvalue weighted by atomic mass is 16.5. The number of aromatic nitrogens is 2. The molecule has 1 saturated heterocycles. The van der Waals surface area contributed by atoms with Crippen molar-refractivity contribution in [2.75, 3.05) is 19.7 Å². The van der Waals surface area contributed by atoms with Crippen LogP contribution in [0.2, 0.25) is 0 Å². The van der Waals surface area contributed by atoms with Gasteiger partial charge in [0.05, 0.1) is 31.2 Å². The Hall–Kier alpha value is -3.35. The van der Waals surface area contributed by atoms with Gasteiger partial charge in [0, 0.05) is 25.0 Å². The molecule has 2 amide bonds. The molecule has 3 heterocycles. The van der Waals surface area contributed by atoms with Crippen molar-refractivity contribution in [1.29, 1.82) is 0 Å². The Morgan fingerprint density at radius 3 is 2.81 bits per heavy atom. The summed E-state index contributed by atoms with van der Waals surface area (Å²) in [6, 6.07) is 15.4. The Kier molecular flexibility index (Phi) is 6.50. The minimum absolute atomic E-state index is 0.0215. The van der Waals surface area contributed by atoms with Crippen molar-refractivity contribution in [3.63, 3.8) is 0 Å². The molecule has 4 rings (SSSR count). The molecule has 1 aliphatic heterocycles. The summed E-state index contributed by atoms with van der Waals surface area (Å²) in [7, 11) is 0. The molecule has 2 aromatic heterocycles. The first-order valence-corrected chi connectivity index (χ1v) is 10.8. The molecule has 1 aromatic carbocycles. The molecule has 0 radical (unpaired) electrons. The smallest absolute Gasteiger partial charge is 0.226 e. The molecule has 7 heteroatoms. The van der Waals surface area contributed by atoms with Crippen LogP contribution in [0.3, 0.4) is 0 Å². The van der Waals surface area contributed by atoms with Gasteiger partial charge in [0.25, 0.3) is 0 Å². The number of carbonyl (C=O) groups excluding carboxylic acids is 2. The summed E-state index contributed by atoms with van der Waals surface area (Å²) in [6.45, 7) is 3.90. The molecule has 7 nitrogen and oxygen atoms in total. The minimum Gasteiger partial charge on any atom is -0.493 e. The average Bonchev–Trinajstić information content (AvgIpc) is 3.23. The van der Waals surface area contributed by atoms with Gasteiger partial charge in [0.1, 0.15) is 11.4 Å². The van der Waals surface area contributed by atoms with Gasteiger partial charge in [-0.1, -0.05) is 24.3 Å². The molecular formula is C24H28N4O3. The number of benzene rings is 1. The van der Waals surface area contributed by atoms with Gasteiger partial charge in [-0.2, -0.15) is 0 Å². The second-order valence-electron chi connectivity index (χ2n) is 7.94. The number of fused-ring (bicyclic) bond motifs is 1. The molecule has 31 heavy (non-hydrogen) atoms. The number of piperidine rings is 1. The zero-order chi connectivity index (χ0) is 21.6. The normalized spacial score (nSPS) is 16.3. The number of amides is 2. The number of aryl methyl sites for hydroxylation is 1. The van der Waals surface area contributed by atoms with Crippen LogP contribution in [-0.4, -0.2) is 45.8 Å². The van der Waals surface area contributed by atoms with Crippen LogP contribution in [0.1, 0.15) is 30.7 Å². The van der Waals surface area contributed by atoms with E-state index in [1.54, 1.807) is 4.90 Å². The van der Waals surface area contributed by atoms with Crippen LogP contribution >= 0.6 is 0 Å². The number of carbonyl (C=O) groups is 2. The number of likely N-dealkylation sites (tertiary alicyclic amines) is 1. The molecule has 0 spiro atoms. The van der Waals surface area contributed by atoms with Crippen LogP contribution in [0.25, 0.3) is 5.65 Å². The number of pyridine rings is 1. The van der Waals surface area contributed by atoms with Gasteiger partial charge in [-0.3, -0.25) is 9.59 Å². The Morgan fingerprint density at radius 1 is 1.16 bits per heavy atom. The number of imidazole rings is 1. The fraction of sp³-hybridized carbons (Fsp3) is 0.375. The lowest BCUT2D eigenvalue weighted by molar-refractivity contribution is -0.136. The van der Waals surface area contributed by atoms with Crippen molar-refractivity contribution in [2.24, 2.45) is 5.92 Å². The topological polar surface area (TPSA) is 75.9 Å². The van der Waals surface area contributed by atoms with E-state index in [0.29, 0.717) is 32.7 Å². The molecule has 3 aromatic rings. The van der Waals surface area contributed by atoms with Gasteiger partial charge in [-0.25, -0.2) is 4.98 Å². The highest BCUT2D eigenvalue weighted by Gasteiger charge is 2.28. The maximum Gasteiger partial charge on any atom is 0.226 e. The summed E-state index contributed by atoms with van der Waals surface area (Å²) >= 11 is 0. The highest BCUT2D eigenvalue weighted by Crippen LogP contribution is 2.18. The highest BCUT2D eigenvalue weighted by molar-refractivity contribution is 5.81. The fourth-order valence-corrected chi connectivity index (χ4v) is 3.95. The Bertz CT molecular complexity index is 1050. The SMILES string of the molecule is Cc1cccc2nc(CNC(=O)C3CCCN(C(=O)CCOc4ccccc4)C3)cn12. The van der Waals surface area contributed by atoms with Gasteiger partial charge in [-0.05, 0) is 44.0 Å². The molecule has 162 valence electrons. The number of rotatable bonds is 7. The summed E-state index contributed by atoms with van der Waals surface area (Å²) in [5.41, 5.74) is 2.79.